The van der Waals surface area contributed by atoms with Gasteiger partial charge in [-0.15, -0.1) is 11.3 Å². The first-order valence-corrected chi connectivity index (χ1v) is 6.53. The number of nitrogens with one attached hydrogen (secondary N) is 1. The van der Waals surface area contributed by atoms with E-state index in [-0.39, 0.29) is 0 Å². The minimum absolute atomic E-state index is 0.692. The molecule has 4 nitrogen and oxygen atoms in total. The van der Waals surface area contributed by atoms with Gasteiger partial charge in [0.15, 0.2) is 6.29 Å². The van der Waals surface area contributed by atoms with Crippen LogP contribution < -0.4 is 5.32 Å². The van der Waals surface area contributed by atoms with Gasteiger partial charge in [-0.1, -0.05) is 0 Å². The standard InChI is InChI=1S/C12H13N3OS/c1-8-3-6-17-11(8)10-9(7-16)15-5-2-4-13-12(15)14-10/h3,6-7H,2,4-5H2,1H3,(H,13,14). The molecule has 1 aliphatic rings. The molecule has 1 N–H and O–H groups in total. The number of rotatable bonds is 2. The van der Waals surface area contributed by atoms with E-state index in [0.29, 0.717) is 5.69 Å². The second-order valence-electron chi connectivity index (χ2n) is 4.15. The maximum atomic E-state index is 11.3. The molecule has 0 amide bonds. The Morgan fingerprint density at radius 2 is 2.47 bits per heavy atom. The van der Waals surface area contributed by atoms with Gasteiger partial charge in [0.25, 0.3) is 0 Å². The minimum atomic E-state index is 0.692. The number of aryl methyl sites for hydroxylation is 1. The third kappa shape index (κ3) is 1.58. The van der Waals surface area contributed by atoms with Crippen LogP contribution in [0.15, 0.2) is 11.4 Å². The van der Waals surface area contributed by atoms with E-state index < -0.39 is 0 Å². The van der Waals surface area contributed by atoms with Gasteiger partial charge in [0.2, 0.25) is 5.95 Å². The topological polar surface area (TPSA) is 46.9 Å². The normalized spacial score (nSPS) is 14.2. The molecule has 3 heterocycles. The number of thiophene rings is 1. The van der Waals surface area contributed by atoms with Crippen LogP contribution in [0.3, 0.4) is 0 Å². The fraction of sp³-hybridized carbons (Fsp3) is 0.333. The van der Waals surface area contributed by atoms with Crippen LogP contribution >= 0.6 is 11.3 Å². The van der Waals surface area contributed by atoms with Gasteiger partial charge in [0.1, 0.15) is 11.4 Å². The van der Waals surface area contributed by atoms with E-state index >= 15 is 0 Å². The lowest BCUT2D eigenvalue weighted by molar-refractivity contribution is 0.111. The zero-order valence-electron chi connectivity index (χ0n) is 9.56. The van der Waals surface area contributed by atoms with Gasteiger partial charge in [-0.2, -0.15) is 0 Å². The first-order chi connectivity index (χ1) is 8.31. The molecular formula is C12H13N3OS. The van der Waals surface area contributed by atoms with Crippen molar-refractivity contribution in [1.29, 1.82) is 0 Å². The Kier molecular flexibility index (Phi) is 2.48. The quantitative estimate of drug-likeness (QED) is 0.830. The predicted molar refractivity (Wildman–Crippen MR) is 68.8 cm³/mol. The molecule has 0 bridgehead atoms. The molecule has 1 aliphatic heterocycles. The Morgan fingerprint density at radius 3 is 3.18 bits per heavy atom. The number of fused-ring (bicyclic) bond motifs is 1. The van der Waals surface area contributed by atoms with E-state index in [2.05, 4.69) is 16.4 Å². The van der Waals surface area contributed by atoms with Crippen molar-refractivity contribution in [3.8, 4) is 10.6 Å². The van der Waals surface area contributed by atoms with E-state index in [1.54, 1.807) is 11.3 Å². The molecule has 0 fully saturated rings. The summed E-state index contributed by atoms with van der Waals surface area (Å²) in [5.74, 6) is 0.821. The van der Waals surface area contributed by atoms with Gasteiger partial charge in [0, 0.05) is 13.1 Å². The molecule has 0 aromatic carbocycles. The van der Waals surface area contributed by atoms with E-state index in [0.717, 1.165) is 42.3 Å². The number of hydrogen-bond donors (Lipinski definition) is 1. The molecule has 0 unspecified atom stereocenters. The molecule has 0 saturated carbocycles. The smallest absolute Gasteiger partial charge is 0.204 e. The summed E-state index contributed by atoms with van der Waals surface area (Å²) in [6, 6.07) is 2.06. The van der Waals surface area contributed by atoms with E-state index in [1.165, 1.54) is 5.56 Å². The second-order valence-corrected chi connectivity index (χ2v) is 5.07. The number of carbonyl (C=O) groups is 1. The lowest BCUT2D eigenvalue weighted by Crippen LogP contribution is -2.18. The lowest BCUT2D eigenvalue weighted by Gasteiger charge is -2.15. The average molecular weight is 247 g/mol. The van der Waals surface area contributed by atoms with Gasteiger partial charge >= 0.3 is 0 Å². The van der Waals surface area contributed by atoms with Gasteiger partial charge < -0.3 is 9.88 Å². The number of hydrogen-bond acceptors (Lipinski definition) is 4. The number of aromatic nitrogens is 2. The highest BCUT2D eigenvalue weighted by Crippen LogP contribution is 2.33. The van der Waals surface area contributed by atoms with E-state index in [1.807, 2.05) is 16.9 Å². The SMILES string of the molecule is Cc1ccsc1-c1nc2n(c1C=O)CCCN2. The van der Waals surface area contributed by atoms with Crippen LogP contribution in [0.4, 0.5) is 5.95 Å². The molecule has 88 valence electrons. The number of anilines is 1. The number of carbonyl (C=O) groups excluding carboxylic acids is 1. The predicted octanol–water partition coefficient (Wildman–Crippen LogP) is 2.55. The van der Waals surface area contributed by atoms with Crippen molar-refractivity contribution in [3.05, 3.63) is 22.7 Å². The molecule has 0 atom stereocenters. The maximum Gasteiger partial charge on any atom is 0.204 e. The number of aldehydes is 1. The fourth-order valence-corrected chi connectivity index (χ4v) is 3.09. The highest BCUT2D eigenvalue weighted by Gasteiger charge is 2.21. The molecular weight excluding hydrogens is 234 g/mol. The number of imidazole rings is 1. The van der Waals surface area contributed by atoms with Crippen molar-refractivity contribution < 1.29 is 4.79 Å². The van der Waals surface area contributed by atoms with Crippen LogP contribution in [-0.4, -0.2) is 22.4 Å². The largest absolute Gasteiger partial charge is 0.356 e. The first-order valence-electron chi connectivity index (χ1n) is 5.65. The summed E-state index contributed by atoms with van der Waals surface area (Å²) in [7, 11) is 0. The Bertz CT molecular complexity index is 570. The van der Waals surface area contributed by atoms with Crippen LogP contribution in [0, 0.1) is 6.92 Å². The summed E-state index contributed by atoms with van der Waals surface area (Å²) in [6.45, 7) is 3.85. The van der Waals surface area contributed by atoms with Gasteiger partial charge in [-0.3, -0.25) is 4.79 Å². The molecule has 17 heavy (non-hydrogen) atoms. The molecule has 0 spiro atoms. The summed E-state index contributed by atoms with van der Waals surface area (Å²) < 4.78 is 1.98. The molecule has 3 rings (SSSR count). The fourth-order valence-electron chi connectivity index (χ4n) is 2.17. The minimum Gasteiger partial charge on any atom is -0.356 e. The van der Waals surface area contributed by atoms with Crippen molar-refractivity contribution in [2.24, 2.45) is 0 Å². The maximum absolute atomic E-state index is 11.3. The second kappa shape index (κ2) is 4.00. The van der Waals surface area contributed by atoms with Gasteiger partial charge in [-0.05, 0) is 30.4 Å². The van der Waals surface area contributed by atoms with Crippen molar-refractivity contribution in [1.82, 2.24) is 9.55 Å². The summed E-state index contributed by atoms with van der Waals surface area (Å²) in [4.78, 5) is 16.9. The van der Waals surface area contributed by atoms with E-state index in [4.69, 9.17) is 0 Å². The zero-order chi connectivity index (χ0) is 11.8. The van der Waals surface area contributed by atoms with Crippen LogP contribution in [0.25, 0.3) is 10.6 Å². The Balaban J connectivity index is 2.20. The Hall–Kier alpha value is -1.62. The van der Waals surface area contributed by atoms with Crippen molar-refractivity contribution in [2.75, 3.05) is 11.9 Å². The lowest BCUT2D eigenvalue weighted by atomic mass is 10.2. The summed E-state index contributed by atoms with van der Waals surface area (Å²) in [5.41, 5.74) is 2.68. The molecule has 2 aromatic heterocycles. The first kappa shape index (κ1) is 10.5. The van der Waals surface area contributed by atoms with Crippen molar-refractivity contribution in [2.45, 2.75) is 19.9 Å². The third-order valence-corrected chi connectivity index (χ3v) is 4.06. The zero-order valence-corrected chi connectivity index (χ0v) is 10.4. The molecule has 2 aromatic rings. The van der Waals surface area contributed by atoms with E-state index in [9.17, 15) is 4.79 Å². The highest BCUT2D eigenvalue weighted by atomic mass is 32.1. The Morgan fingerprint density at radius 1 is 1.59 bits per heavy atom. The van der Waals surface area contributed by atoms with Crippen LogP contribution in [0.2, 0.25) is 0 Å². The van der Waals surface area contributed by atoms with Crippen LogP contribution in [0.5, 0.6) is 0 Å². The highest BCUT2D eigenvalue weighted by molar-refractivity contribution is 7.13. The summed E-state index contributed by atoms with van der Waals surface area (Å²) >= 11 is 1.63. The molecule has 0 radical (unpaired) electrons. The molecule has 0 aliphatic carbocycles. The van der Waals surface area contributed by atoms with Crippen molar-refractivity contribution >= 4 is 23.6 Å². The number of nitrogens with zero attached hydrogens (tertiary/aromatic N) is 2. The summed E-state index contributed by atoms with van der Waals surface area (Å²) in [5, 5.41) is 5.27. The molecule has 5 heteroatoms. The molecule has 0 saturated heterocycles. The van der Waals surface area contributed by atoms with Crippen LogP contribution in [0.1, 0.15) is 22.5 Å². The average Bonchev–Trinajstić information content (AvgIpc) is 2.91. The Labute approximate surface area is 103 Å². The van der Waals surface area contributed by atoms with Crippen molar-refractivity contribution in [3.63, 3.8) is 0 Å². The monoisotopic (exact) mass is 247 g/mol. The van der Waals surface area contributed by atoms with Gasteiger partial charge in [-0.25, -0.2) is 4.98 Å². The van der Waals surface area contributed by atoms with Gasteiger partial charge in [0.05, 0.1) is 4.88 Å². The summed E-state index contributed by atoms with van der Waals surface area (Å²) in [6.07, 6.45) is 1.95. The third-order valence-electron chi connectivity index (χ3n) is 3.04. The van der Waals surface area contributed by atoms with Crippen LogP contribution in [-0.2, 0) is 6.54 Å².